The Labute approximate surface area is 111 Å². The zero-order chi connectivity index (χ0) is 10.5. The molecule has 0 amide bonds. The molecule has 1 saturated heterocycles. The summed E-state index contributed by atoms with van der Waals surface area (Å²) in [6.07, 6.45) is 2.69. The van der Waals surface area contributed by atoms with E-state index in [4.69, 9.17) is 4.74 Å². The highest BCUT2D eigenvalue weighted by Gasteiger charge is 2.13. The van der Waals surface area contributed by atoms with Crippen molar-refractivity contribution in [3.63, 3.8) is 0 Å². The molecule has 1 N–H and O–H groups in total. The van der Waals surface area contributed by atoms with Crippen molar-refractivity contribution < 1.29 is 4.74 Å². The molecule has 1 heterocycles. The van der Waals surface area contributed by atoms with Crippen molar-refractivity contribution in [2.24, 2.45) is 0 Å². The lowest BCUT2D eigenvalue weighted by atomic mass is 10.1. The molecular weight excluding hydrogens is 289 g/mol. The van der Waals surface area contributed by atoms with Gasteiger partial charge in [-0.25, -0.2) is 0 Å². The molecule has 1 aliphatic rings. The third-order valence-corrected chi connectivity index (χ3v) is 3.49. The summed E-state index contributed by atoms with van der Waals surface area (Å²) in [6, 6.07) is 8.23. The number of piperidine rings is 1. The van der Waals surface area contributed by atoms with Crippen LogP contribution in [-0.4, -0.2) is 19.2 Å². The summed E-state index contributed by atoms with van der Waals surface area (Å²) in [5.41, 5.74) is 1.23. The van der Waals surface area contributed by atoms with Gasteiger partial charge in [0.15, 0.2) is 0 Å². The van der Waals surface area contributed by atoms with Crippen LogP contribution in [0.1, 0.15) is 18.4 Å². The van der Waals surface area contributed by atoms with Crippen LogP contribution in [0.2, 0.25) is 0 Å². The van der Waals surface area contributed by atoms with Crippen LogP contribution in [0.15, 0.2) is 28.7 Å². The van der Waals surface area contributed by atoms with Gasteiger partial charge in [0.1, 0.15) is 0 Å². The Kier molecular flexibility index (Phi) is 6.36. The molecule has 0 saturated carbocycles. The van der Waals surface area contributed by atoms with E-state index in [0.717, 1.165) is 30.4 Å². The van der Waals surface area contributed by atoms with E-state index in [1.54, 1.807) is 0 Å². The molecule has 0 radical (unpaired) electrons. The zero-order valence-corrected chi connectivity index (χ0v) is 11.5. The SMILES string of the molecule is Brc1ccccc1COC1CCNCC1.Cl. The Hall–Kier alpha value is -0.0900. The Bertz CT molecular complexity index is 316. The van der Waals surface area contributed by atoms with E-state index in [9.17, 15) is 0 Å². The highest BCUT2D eigenvalue weighted by Crippen LogP contribution is 2.18. The summed E-state index contributed by atoms with van der Waals surface area (Å²) < 4.78 is 7.02. The number of ether oxygens (including phenoxy) is 1. The summed E-state index contributed by atoms with van der Waals surface area (Å²) in [4.78, 5) is 0. The van der Waals surface area contributed by atoms with Gasteiger partial charge < -0.3 is 10.1 Å². The second kappa shape index (κ2) is 7.28. The number of rotatable bonds is 3. The van der Waals surface area contributed by atoms with Crippen LogP contribution in [-0.2, 0) is 11.3 Å². The summed E-state index contributed by atoms with van der Waals surface area (Å²) >= 11 is 3.53. The van der Waals surface area contributed by atoms with Crippen molar-refractivity contribution in [1.82, 2.24) is 5.32 Å². The lowest BCUT2D eigenvalue weighted by Gasteiger charge is -2.23. The van der Waals surface area contributed by atoms with Crippen molar-refractivity contribution in [3.8, 4) is 0 Å². The van der Waals surface area contributed by atoms with Gasteiger partial charge in [-0.1, -0.05) is 34.1 Å². The standard InChI is InChI=1S/C12H16BrNO.ClH/c13-12-4-2-1-3-10(12)9-15-11-5-7-14-8-6-11;/h1-4,11,14H,5-9H2;1H. The lowest BCUT2D eigenvalue weighted by molar-refractivity contribution is 0.0210. The highest BCUT2D eigenvalue weighted by atomic mass is 79.9. The Morgan fingerprint density at radius 2 is 1.94 bits per heavy atom. The quantitative estimate of drug-likeness (QED) is 0.926. The molecule has 0 spiro atoms. The first-order valence-electron chi connectivity index (χ1n) is 5.42. The fourth-order valence-corrected chi connectivity index (χ4v) is 2.18. The van der Waals surface area contributed by atoms with Gasteiger partial charge in [0.05, 0.1) is 12.7 Å². The van der Waals surface area contributed by atoms with Gasteiger partial charge in [-0.2, -0.15) is 0 Å². The van der Waals surface area contributed by atoms with Gasteiger partial charge >= 0.3 is 0 Å². The normalized spacial score (nSPS) is 16.8. The predicted octanol–water partition coefficient (Wildman–Crippen LogP) is 3.14. The maximum atomic E-state index is 5.88. The third-order valence-electron chi connectivity index (χ3n) is 2.72. The molecular formula is C12H17BrClNO. The molecule has 0 aromatic heterocycles. The van der Waals surface area contributed by atoms with Crippen molar-refractivity contribution in [2.75, 3.05) is 13.1 Å². The second-order valence-electron chi connectivity index (χ2n) is 3.85. The first-order valence-corrected chi connectivity index (χ1v) is 6.21. The smallest absolute Gasteiger partial charge is 0.0731 e. The van der Waals surface area contributed by atoms with Crippen molar-refractivity contribution in [1.29, 1.82) is 0 Å². The fraction of sp³-hybridized carbons (Fsp3) is 0.500. The molecule has 0 atom stereocenters. The van der Waals surface area contributed by atoms with Crippen LogP contribution in [0.3, 0.4) is 0 Å². The maximum Gasteiger partial charge on any atom is 0.0731 e. The van der Waals surface area contributed by atoms with Crippen LogP contribution >= 0.6 is 28.3 Å². The van der Waals surface area contributed by atoms with Crippen LogP contribution < -0.4 is 5.32 Å². The largest absolute Gasteiger partial charge is 0.373 e. The molecule has 1 aromatic carbocycles. The summed E-state index contributed by atoms with van der Waals surface area (Å²) in [6.45, 7) is 2.88. The molecule has 90 valence electrons. The minimum atomic E-state index is 0. The minimum Gasteiger partial charge on any atom is -0.373 e. The predicted molar refractivity (Wildman–Crippen MR) is 72.1 cm³/mol. The summed E-state index contributed by atoms with van der Waals surface area (Å²) in [5, 5.41) is 3.34. The Morgan fingerprint density at radius 1 is 1.25 bits per heavy atom. The number of halogens is 2. The fourth-order valence-electron chi connectivity index (χ4n) is 1.79. The Balaban J connectivity index is 0.00000128. The third kappa shape index (κ3) is 4.06. The van der Waals surface area contributed by atoms with Crippen molar-refractivity contribution in [3.05, 3.63) is 34.3 Å². The van der Waals surface area contributed by atoms with E-state index >= 15 is 0 Å². The number of benzene rings is 1. The van der Waals surface area contributed by atoms with Gasteiger partial charge in [-0.05, 0) is 37.6 Å². The molecule has 2 nitrogen and oxygen atoms in total. The molecule has 4 heteroatoms. The van der Waals surface area contributed by atoms with Crippen LogP contribution in [0, 0.1) is 0 Å². The van der Waals surface area contributed by atoms with Crippen LogP contribution in [0.25, 0.3) is 0 Å². The number of hydrogen-bond donors (Lipinski definition) is 1. The van der Waals surface area contributed by atoms with Gasteiger partial charge in [0, 0.05) is 4.47 Å². The molecule has 1 fully saturated rings. The number of nitrogens with one attached hydrogen (secondary N) is 1. The summed E-state index contributed by atoms with van der Waals surface area (Å²) in [7, 11) is 0. The molecule has 16 heavy (non-hydrogen) atoms. The monoisotopic (exact) mass is 305 g/mol. The highest BCUT2D eigenvalue weighted by molar-refractivity contribution is 9.10. The van der Waals surface area contributed by atoms with E-state index in [-0.39, 0.29) is 12.4 Å². The van der Waals surface area contributed by atoms with Gasteiger partial charge in [-0.15, -0.1) is 12.4 Å². The first kappa shape index (κ1) is 14.0. The van der Waals surface area contributed by atoms with Crippen molar-refractivity contribution in [2.45, 2.75) is 25.6 Å². The first-order chi connectivity index (χ1) is 7.36. The van der Waals surface area contributed by atoms with Crippen LogP contribution in [0.5, 0.6) is 0 Å². The summed E-state index contributed by atoms with van der Waals surface area (Å²) in [5.74, 6) is 0. The van der Waals surface area contributed by atoms with Gasteiger partial charge in [0.25, 0.3) is 0 Å². The molecule has 1 aliphatic heterocycles. The molecule has 1 aromatic rings. The van der Waals surface area contributed by atoms with E-state index in [1.807, 2.05) is 12.1 Å². The maximum absolute atomic E-state index is 5.88. The van der Waals surface area contributed by atoms with Crippen molar-refractivity contribution >= 4 is 28.3 Å². The van der Waals surface area contributed by atoms with E-state index < -0.39 is 0 Å². The average Bonchev–Trinajstić information content (AvgIpc) is 2.29. The molecule has 0 bridgehead atoms. The van der Waals surface area contributed by atoms with Crippen LogP contribution in [0.4, 0.5) is 0 Å². The lowest BCUT2D eigenvalue weighted by Crippen LogP contribution is -2.32. The van der Waals surface area contributed by atoms with E-state index in [2.05, 4.69) is 33.4 Å². The molecule has 0 aliphatic carbocycles. The van der Waals surface area contributed by atoms with E-state index in [1.165, 1.54) is 5.56 Å². The number of hydrogen-bond acceptors (Lipinski definition) is 2. The molecule has 2 rings (SSSR count). The average molecular weight is 307 g/mol. The molecule has 0 unspecified atom stereocenters. The topological polar surface area (TPSA) is 21.3 Å². The van der Waals surface area contributed by atoms with E-state index in [0.29, 0.717) is 12.7 Å². The minimum absolute atomic E-state index is 0. The zero-order valence-electron chi connectivity index (χ0n) is 9.12. The Morgan fingerprint density at radius 3 is 2.62 bits per heavy atom. The van der Waals surface area contributed by atoms with Gasteiger partial charge in [-0.3, -0.25) is 0 Å². The van der Waals surface area contributed by atoms with Gasteiger partial charge in [0.2, 0.25) is 0 Å². The second-order valence-corrected chi connectivity index (χ2v) is 4.71.